The fraction of sp³-hybridized carbons (Fsp3) is 0.143. The number of hydrogen-bond acceptors (Lipinski definition) is 2. The van der Waals surface area contributed by atoms with Crippen molar-refractivity contribution in [1.82, 2.24) is 5.32 Å². The summed E-state index contributed by atoms with van der Waals surface area (Å²) in [5.41, 5.74) is 8.42. The van der Waals surface area contributed by atoms with Crippen molar-refractivity contribution >= 4 is 28.3 Å². The largest absolute Gasteiger partial charge is 0.369 e. The van der Waals surface area contributed by atoms with E-state index in [9.17, 15) is 4.79 Å². The van der Waals surface area contributed by atoms with Crippen LogP contribution in [-0.4, -0.2) is 11.9 Å². The van der Waals surface area contributed by atoms with Gasteiger partial charge in [-0.15, -0.1) is 0 Å². The molecule has 0 atom stereocenters. The molecule has 4 heteroatoms. The van der Waals surface area contributed by atoms with Gasteiger partial charge in [-0.3, -0.25) is 10.1 Å². The van der Waals surface area contributed by atoms with Gasteiger partial charge < -0.3 is 5.73 Å². The van der Waals surface area contributed by atoms with Crippen molar-refractivity contribution in [3.63, 3.8) is 0 Å². The van der Waals surface area contributed by atoms with Crippen LogP contribution < -0.4 is 11.1 Å². The third-order valence-corrected chi connectivity index (χ3v) is 4.09. The maximum Gasteiger partial charge on any atom is 0.258 e. The number of carbonyl (C=O) groups excluding carboxylic acids is 1. The van der Waals surface area contributed by atoms with E-state index in [1.54, 1.807) is 6.07 Å². The zero-order valence-electron chi connectivity index (χ0n) is 14.4. The summed E-state index contributed by atoms with van der Waals surface area (Å²) in [7, 11) is 0. The van der Waals surface area contributed by atoms with Crippen molar-refractivity contribution in [2.24, 2.45) is 10.7 Å². The summed E-state index contributed by atoms with van der Waals surface area (Å²) in [6.07, 6.45) is 0. The summed E-state index contributed by atoms with van der Waals surface area (Å²) < 4.78 is 0. The summed E-state index contributed by atoms with van der Waals surface area (Å²) in [6, 6.07) is 21.2. The fourth-order valence-electron chi connectivity index (χ4n) is 2.71. The van der Waals surface area contributed by atoms with E-state index in [0.29, 0.717) is 17.2 Å². The first-order valence-corrected chi connectivity index (χ1v) is 8.28. The molecule has 0 unspecified atom stereocenters. The van der Waals surface area contributed by atoms with E-state index >= 15 is 0 Å². The first kappa shape index (κ1) is 16.7. The molecule has 0 saturated carbocycles. The molecule has 0 fully saturated rings. The van der Waals surface area contributed by atoms with Gasteiger partial charge in [-0.05, 0) is 40.5 Å². The van der Waals surface area contributed by atoms with E-state index < -0.39 is 0 Å². The van der Waals surface area contributed by atoms with E-state index in [-0.39, 0.29) is 11.9 Å². The molecule has 0 radical (unpaired) electrons. The first-order chi connectivity index (χ1) is 12.0. The van der Waals surface area contributed by atoms with Crippen molar-refractivity contribution in [2.45, 2.75) is 19.8 Å². The van der Waals surface area contributed by atoms with Crippen LogP contribution in [0.1, 0.15) is 35.7 Å². The number of nitrogens with one attached hydrogen (secondary N) is 1. The molecule has 0 aliphatic rings. The number of fused-ring (bicyclic) bond motifs is 1. The number of guanidine groups is 1. The molecule has 3 rings (SSSR count). The lowest BCUT2D eigenvalue weighted by atomic mass is 10.0. The van der Waals surface area contributed by atoms with E-state index in [2.05, 4.69) is 24.2 Å². The number of hydrogen-bond donors (Lipinski definition) is 2. The summed E-state index contributed by atoms with van der Waals surface area (Å²) in [4.78, 5) is 16.8. The summed E-state index contributed by atoms with van der Waals surface area (Å²) >= 11 is 0. The highest BCUT2D eigenvalue weighted by Gasteiger charge is 2.10. The van der Waals surface area contributed by atoms with E-state index in [4.69, 9.17) is 5.73 Å². The molecule has 0 spiro atoms. The van der Waals surface area contributed by atoms with Crippen LogP contribution in [0.25, 0.3) is 10.8 Å². The minimum Gasteiger partial charge on any atom is -0.369 e. The SMILES string of the molecule is CC(C)c1ccc(N=C(N)NC(=O)c2cccc3ccccc23)cc1. The molecule has 3 N–H and O–H groups in total. The second kappa shape index (κ2) is 7.18. The molecule has 0 aromatic heterocycles. The van der Waals surface area contributed by atoms with Gasteiger partial charge in [0.2, 0.25) is 5.96 Å². The van der Waals surface area contributed by atoms with Crippen LogP contribution in [0.3, 0.4) is 0 Å². The van der Waals surface area contributed by atoms with Gasteiger partial charge in [-0.1, -0.05) is 62.4 Å². The zero-order chi connectivity index (χ0) is 17.8. The quantitative estimate of drug-likeness (QED) is 0.554. The second-order valence-electron chi connectivity index (χ2n) is 6.22. The van der Waals surface area contributed by atoms with Gasteiger partial charge in [-0.25, -0.2) is 4.99 Å². The third-order valence-electron chi connectivity index (χ3n) is 4.09. The number of amides is 1. The Balaban J connectivity index is 1.79. The monoisotopic (exact) mass is 331 g/mol. The van der Waals surface area contributed by atoms with Gasteiger partial charge in [0, 0.05) is 5.56 Å². The minimum absolute atomic E-state index is 0.0789. The molecule has 126 valence electrons. The average molecular weight is 331 g/mol. The Morgan fingerprint density at radius 1 is 0.960 bits per heavy atom. The van der Waals surface area contributed by atoms with Crippen molar-refractivity contribution in [3.8, 4) is 0 Å². The Labute approximate surface area is 147 Å². The lowest BCUT2D eigenvalue weighted by molar-refractivity contribution is 0.0978. The van der Waals surface area contributed by atoms with Crippen LogP contribution >= 0.6 is 0 Å². The molecule has 3 aromatic rings. The van der Waals surface area contributed by atoms with Gasteiger partial charge in [-0.2, -0.15) is 0 Å². The Morgan fingerprint density at radius 2 is 1.64 bits per heavy atom. The van der Waals surface area contributed by atoms with E-state index in [0.717, 1.165) is 10.8 Å². The molecule has 25 heavy (non-hydrogen) atoms. The van der Waals surface area contributed by atoms with Crippen molar-refractivity contribution in [2.75, 3.05) is 0 Å². The zero-order valence-corrected chi connectivity index (χ0v) is 14.4. The molecule has 1 amide bonds. The Morgan fingerprint density at radius 3 is 2.36 bits per heavy atom. The van der Waals surface area contributed by atoms with Gasteiger partial charge in [0.05, 0.1) is 5.69 Å². The van der Waals surface area contributed by atoms with Crippen LogP contribution in [-0.2, 0) is 0 Å². The molecule has 0 saturated heterocycles. The van der Waals surface area contributed by atoms with Gasteiger partial charge in [0.15, 0.2) is 0 Å². The normalized spacial score (nSPS) is 11.7. The van der Waals surface area contributed by atoms with Gasteiger partial charge >= 0.3 is 0 Å². The fourth-order valence-corrected chi connectivity index (χ4v) is 2.71. The Kier molecular flexibility index (Phi) is 4.80. The summed E-state index contributed by atoms with van der Waals surface area (Å²) in [6.45, 7) is 4.27. The van der Waals surface area contributed by atoms with Crippen molar-refractivity contribution < 1.29 is 4.79 Å². The number of nitrogens with two attached hydrogens (primary N) is 1. The van der Waals surface area contributed by atoms with E-state index in [1.807, 2.05) is 60.7 Å². The van der Waals surface area contributed by atoms with Gasteiger partial charge in [0.25, 0.3) is 5.91 Å². The topological polar surface area (TPSA) is 67.5 Å². The van der Waals surface area contributed by atoms with Crippen LogP contribution in [0.2, 0.25) is 0 Å². The second-order valence-corrected chi connectivity index (χ2v) is 6.22. The number of rotatable bonds is 3. The minimum atomic E-state index is -0.267. The van der Waals surface area contributed by atoms with Crippen LogP contribution in [0.15, 0.2) is 71.7 Å². The smallest absolute Gasteiger partial charge is 0.258 e. The highest BCUT2D eigenvalue weighted by Crippen LogP contribution is 2.20. The lowest BCUT2D eigenvalue weighted by Gasteiger charge is -2.08. The molecule has 4 nitrogen and oxygen atoms in total. The molecule has 0 bridgehead atoms. The summed E-state index contributed by atoms with van der Waals surface area (Å²) in [5, 5.41) is 4.56. The molecule has 3 aromatic carbocycles. The number of aliphatic imine (C=N–C) groups is 1. The van der Waals surface area contributed by atoms with Crippen LogP contribution in [0.5, 0.6) is 0 Å². The Hall–Kier alpha value is -3.14. The maximum absolute atomic E-state index is 12.5. The predicted molar refractivity (Wildman–Crippen MR) is 103 cm³/mol. The molecular weight excluding hydrogens is 310 g/mol. The van der Waals surface area contributed by atoms with E-state index in [1.165, 1.54) is 5.56 Å². The average Bonchev–Trinajstić information content (AvgIpc) is 2.61. The van der Waals surface area contributed by atoms with Crippen LogP contribution in [0.4, 0.5) is 5.69 Å². The number of benzene rings is 3. The third kappa shape index (κ3) is 3.86. The molecular formula is C21H21N3O. The van der Waals surface area contributed by atoms with Crippen molar-refractivity contribution in [3.05, 3.63) is 77.9 Å². The van der Waals surface area contributed by atoms with Crippen LogP contribution in [0, 0.1) is 0 Å². The first-order valence-electron chi connectivity index (χ1n) is 8.28. The summed E-state index contributed by atoms with van der Waals surface area (Å²) in [5.74, 6) is 0.272. The molecule has 0 heterocycles. The highest BCUT2D eigenvalue weighted by molar-refractivity contribution is 6.12. The highest BCUT2D eigenvalue weighted by atomic mass is 16.1. The number of nitrogens with zero attached hydrogens (tertiary/aromatic N) is 1. The predicted octanol–water partition coefficient (Wildman–Crippen LogP) is 4.34. The van der Waals surface area contributed by atoms with Gasteiger partial charge in [0.1, 0.15) is 0 Å². The maximum atomic E-state index is 12.5. The lowest BCUT2D eigenvalue weighted by Crippen LogP contribution is -2.36. The molecule has 0 aliphatic carbocycles. The molecule has 0 aliphatic heterocycles. The standard InChI is InChI=1S/C21H21N3O/c1-14(2)15-10-12-17(13-11-15)23-21(22)24-20(25)19-9-5-7-16-6-3-4-8-18(16)19/h3-14H,1-2H3,(H3,22,23,24,25). The Bertz CT molecular complexity index is 922. The van der Waals surface area contributed by atoms with Crippen molar-refractivity contribution in [1.29, 1.82) is 0 Å². The number of carbonyl (C=O) groups is 1.